The van der Waals surface area contributed by atoms with E-state index in [0.29, 0.717) is 11.5 Å². The molecule has 1 atom stereocenters. The van der Waals surface area contributed by atoms with Crippen LogP contribution in [0, 0.1) is 6.92 Å². The van der Waals surface area contributed by atoms with Crippen LogP contribution in [0.4, 0.5) is 5.82 Å². The van der Waals surface area contributed by atoms with Crippen LogP contribution in [-0.2, 0) is 0 Å². The lowest BCUT2D eigenvalue weighted by Gasteiger charge is -2.28. The van der Waals surface area contributed by atoms with Crippen molar-refractivity contribution in [1.29, 1.82) is 0 Å². The highest BCUT2D eigenvalue weighted by Crippen LogP contribution is 2.20. The number of hydrogen-bond acceptors (Lipinski definition) is 5. The van der Waals surface area contributed by atoms with E-state index in [-0.39, 0.29) is 6.54 Å². The predicted molar refractivity (Wildman–Crippen MR) is 66.8 cm³/mol. The molecule has 1 aromatic heterocycles. The monoisotopic (exact) mass is 236 g/mol. The number of nitrogens with two attached hydrogens (primary N) is 1. The SMILES string of the molecule is Cc1nc(C(O)CN)cc(N2CCCCC2)n1. The topological polar surface area (TPSA) is 75.3 Å². The van der Waals surface area contributed by atoms with Gasteiger partial charge in [-0.3, -0.25) is 0 Å². The van der Waals surface area contributed by atoms with Gasteiger partial charge in [0.25, 0.3) is 0 Å². The van der Waals surface area contributed by atoms with Gasteiger partial charge in [0.1, 0.15) is 17.7 Å². The molecule has 5 heteroatoms. The van der Waals surface area contributed by atoms with Crippen LogP contribution >= 0.6 is 0 Å². The van der Waals surface area contributed by atoms with Crippen LogP contribution in [-0.4, -0.2) is 34.7 Å². The number of hydrogen-bond donors (Lipinski definition) is 2. The summed E-state index contributed by atoms with van der Waals surface area (Å²) in [6.45, 7) is 4.11. The fourth-order valence-electron chi connectivity index (χ4n) is 2.15. The number of aliphatic hydroxyl groups is 1. The zero-order chi connectivity index (χ0) is 12.3. The van der Waals surface area contributed by atoms with Gasteiger partial charge in [-0.15, -0.1) is 0 Å². The summed E-state index contributed by atoms with van der Waals surface area (Å²) in [5.41, 5.74) is 6.08. The van der Waals surface area contributed by atoms with E-state index in [2.05, 4.69) is 14.9 Å². The molecule has 5 nitrogen and oxygen atoms in total. The number of anilines is 1. The number of piperidine rings is 1. The van der Waals surface area contributed by atoms with Crippen LogP contribution in [0.15, 0.2) is 6.07 Å². The van der Waals surface area contributed by atoms with Crippen molar-refractivity contribution in [2.24, 2.45) is 5.73 Å². The molecule has 17 heavy (non-hydrogen) atoms. The van der Waals surface area contributed by atoms with Crippen LogP contribution in [0.25, 0.3) is 0 Å². The lowest BCUT2D eigenvalue weighted by molar-refractivity contribution is 0.181. The first-order valence-electron chi connectivity index (χ1n) is 6.19. The Hall–Kier alpha value is -1.20. The Bertz CT molecular complexity index is 377. The van der Waals surface area contributed by atoms with Gasteiger partial charge in [0.15, 0.2) is 0 Å². The number of rotatable bonds is 3. The Morgan fingerprint density at radius 1 is 1.35 bits per heavy atom. The first-order valence-corrected chi connectivity index (χ1v) is 6.19. The summed E-state index contributed by atoms with van der Waals surface area (Å²) in [6.07, 6.45) is 3.01. The van der Waals surface area contributed by atoms with Gasteiger partial charge >= 0.3 is 0 Å². The lowest BCUT2D eigenvalue weighted by Crippen LogP contribution is -2.30. The Labute approximate surface area is 102 Å². The molecular weight excluding hydrogens is 216 g/mol. The molecule has 0 bridgehead atoms. The molecule has 1 aliphatic rings. The maximum atomic E-state index is 9.74. The van der Waals surface area contributed by atoms with Gasteiger partial charge in [0.05, 0.1) is 5.69 Å². The van der Waals surface area contributed by atoms with Crippen molar-refractivity contribution >= 4 is 5.82 Å². The minimum atomic E-state index is -0.694. The van der Waals surface area contributed by atoms with Crippen LogP contribution in [0.1, 0.15) is 36.9 Å². The standard InChI is InChI=1S/C12H20N4O/c1-9-14-10(11(17)8-13)7-12(15-9)16-5-3-2-4-6-16/h7,11,17H,2-6,8,13H2,1H3. The van der Waals surface area contributed by atoms with Crippen molar-refractivity contribution in [3.8, 4) is 0 Å². The van der Waals surface area contributed by atoms with E-state index < -0.39 is 6.10 Å². The van der Waals surface area contributed by atoms with Gasteiger partial charge in [-0.05, 0) is 26.2 Å². The average Bonchev–Trinajstić information content (AvgIpc) is 2.38. The summed E-state index contributed by atoms with van der Waals surface area (Å²) >= 11 is 0. The zero-order valence-electron chi connectivity index (χ0n) is 10.3. The summed E-state index contributed by atoms with van der Waals surface area (Å²) in [5.74, 6) is 1.61. The van der Waals surface area contributed by atoms with E-state index in [1.807, 2.05) is 13.0 Å². The lowest BCUT2D eigenvalue weighted by atomic mass is 10.1. The summed E-state index contributed by atoms with van der Waals surface area (Å²) in [4.78, 5) is 10.9. The van der Waals surface area contributed by atoms with Crippen LogP contribution in [0.3, 0.4) is 0 Å². The first-order chi connectivity index (χ1) is 8.20. The second-order valence-corrected chi connectivity index (χ2v) is 4.50. The molecule has 1 aromatic rings. The fourth-order valence-corrected chi connectivity index (χ4v) is 2.15. The predicted octanol–water partition coefficient (Wildman–Crippen LogP) is 0.767. The quantitative estimate of drug-likeness (QED) is 0.810. The maximum absolute atomic E-state index is 9.74. The summed E-state index contributed by atoms with van der Waals surface area (Å²) < 4.78 is 0. The van der Waals surface area contributed by atoms with E-state index in [1.165, 1.54) is 19.3 Å². The molecule has 0 radical (unpaired) electrons. The van der Waals surface area contributed by atoms with Crippen molar-refractivity contribution in [3.63, 3.8) is 0 Å². The summed E-state index contributed by atoms with van der Waals surface area (Å²) in [6, 6.07) is 1.86. The smallest absolute Gasteiger partial charge is 0.132 e. The molecule has 1 saturated heterocycles. The molecule has 0 spiro atoms. The van der Waals surface area contributed by atoms with Gasteiger partial charge in [-0.2, -0.15) is 0 Å². The molecule has 0 aliphatic carbocycles. The van der Waals surface area contributed by atoms with Crippen molar-refractivity contribution in [2.45, 2.75) is 32.3 Å². The molecule has 3 N–H and O–H groups in total. The normalized spacial score (nSPS) is 18.2. The minimum absolute atomic E-state index is 0.190. The van der Waals surface area contributed by atoms with Crippen molar-refractivity contribution in [3.05, 3.63) is 17.6 Å². The molecule has 0 amide bonds. The van der Waals surface area contributed by atoms with Crippen molar-refractivity contribution in [1.82, 2.24) is 9.97 Å². The van der Waals surface area contributed by atoms with E-state index >= 15 is 0 Å². The highest BCUT2D eigenvalue weighted by Gasteiger charge is 2.16. The number of aromatic nitrogens is 2. The molecule has 1 unspecified atom stereocenters. The van der Waals surface area contributed by atoms with E-state index in [9.17, 15) is 5.11 Å². The van der Waals surface area contributed by atoms with E-state index in [4.69, 9.17) is 5.73 Å². The van der Waals surface area contributed by atoms with Gasteiger partial charge in [-0.1, -0.05) is 0 Å². The molecule has 1 aliphatic heterocycles. The largest absolute Gasteiger partial charge is 0.385 e. The number of aryl methyl sites for hydroxylation is 1. The fraction of sp³-hybridized carbons (Fsp3) is 0.667. The molecule has 0 saturated carbocycles. The maximum Gasteiger partial charge on any atom is 0.132 e. The van der Waals surface area contributed by atoms with Crippen molar-refractivity contribution in [2.75, 3.05) is 24.5 Å². The summed E-state index contributed by atoms with van der Waals surface area (Å²) in [7, 11) is 0. The van der Waals surface area contributed by atoms with Crippen LogP contribution < -0.4 is 10.6 Å². The third-order valence-corrected chi connectivity index (χ3v) is 3.09. The van der Waals surface area contributed by atoms with Gasteiger partial charge in [0.2, 0.25) is 0 Å². The van der Waals surface area contributed by atoms with Gasteiger partial charge in [-0.25, -0.2) is 9.97 Å². The van der Waals surface area contributed by atoms with Crippen LogP contribution in [0.5, 0.6) is 0 Å². The third-order valence-electron chi connectivity index (χ3n) is 3.09. The molecular formula is C12H20N4O. The second-order valence-electron chi connectivity index (χ2n) is 4.50. The molecule has 2 heterocycles. The number of nitrogens with zero attached hydrogens (tertiary/aromatic N) is 3. The van der Waals surface area contributed by atoms with E-state index in [0.717, 1.165) is 18.9 Å². The molecule has 0 aromatic carbocycles. The van der Waals surface area contributed by atoms with Crippen LogP contribution in [0.2, 0.25) is 0 Å². The Kier molecular flexibility index (Phi) is 3.91. The third kappa shape index (κ3) is 2.92. The average molecular weight is 236 g/mol. The highest BCUT2D eigenvalue weighted by atomic mass is 16.3. The van der Waals surface area contributed by atoms with Crippen molar-refractivity contribution < 1.29 is 5.11 Å². The van der Waals surface area contributed by atoms with Gasteiger partial charge in [0, 0.05) is 25.7 Å². The Balaban J connectivity index is 2.24. The molecule has 1 fully saturated rings. The minimum Gasteiger partial charge on any atom is -0.385 e. The first kappa shape index (κ1) is 12.3. The molecule has 94 valence electrons. The Morgan fingerprint density at radius 3 is 2.71 bits per heavy atom. The summed E-state index contributed by atoms with van der Waals surface area (Å²) in [5, 5.41) is 9.74. The molecule has 2 rings (SSSR count). The van der Waals surface area contributed by atoms with E-state index in [1.54, 1.807) is 0 Å². The zero-order valence-corrected chi connectivity index (χ0v) is 10.3. The van der Waals surface area contributed by atoms with Gasteiger partial charge < -0.3 is 15.7 Å². The number of aliphatic hydroxyl groups excluding tert-OH is 1. The second kappa shape index (κ2) is 5.42. The Morgan fingerprint density at radius 2 is 2.06 bits per heavy atom. The highest BCUT2D eigenvalue weighted by molar-refractivity contribution is 5.40.